The van der Waals surface area contributed by atoms with Crippen LogP contribution in [0.15, 0.2) is 23.1 Å². The van der Waals surface area contributed by atoms with E-state index in [2.05, 4.69) is 4.90 Å². The van der Waals surface area contributed by atoms with Crippen LogP contribution in [0.2, 0.25) is 5.02 Å². The second kappa shape index (κ2) is 6.09. The zero-order valence-electron chi connectivity index (χ0n) is 12.8. The Morgan fingerprint density at radius 2 is 2.09 bits per heavy atom. The van der Waals surface area contributed by atoms with Crippen molar-refractivity contribution >= 4 is 21.6 Å². The number of hydrogen-bond donors (Lipinski definition) is 0. The lowest BCUT2D eigenvalue weighted by Gasteiger charge is -2.45. The minimum absolute atomic E-state index is 0.112. The van der Waals surface area contributed by atoms with Crippen LogP contribution in [0.1, 0.15) is 12.0 Å². The zero-order valence-corrected chi connectivity index (χ0v) is 14.4. The Morgan fingerprint density at radius 1 is 1.32 bits per heavy atom. The van der Waals surface area contributed by atoms with Gasteiger partial charge in [-0.25, -0.2) is 8.42 Å². The summed E-state index contributed by atoms with van der Waals surface area (Å²) in [6.07, 6.45) is 0.843. The molecule has 7 heteroatoms. The lowest BCUT2D eigenvalue weighted by Crippen LogP contribution is -2.59. The van der Waals surface area contributed by atoms with Crippen molar-refractivity contribution in [2.75, 3.05) is 33.3 Å². The normalized spacial score (nSPS) is 27.6. The number of nitrogens with zero attached hydrogens (tertiary/aromatic N) is 2. The molecule has 0 bridgehead atoms. The van der Waals surface area contributed by atoms with Gasteiger partial charge in [-0.15, -0.1) is 0 Å². The molecule has 0 spiro atoms. The van der Waals surface area contributed by atoms with Crippen LogP contribution >= 0.6 is 11.6 Å². The van der Waals surface area contributed by atoms with E-state index in [9.17, 15) is 8.42 Å². The Bertz CT molecular complexity index is 665. The summed E-state index contributed by atoms with van der Waals surface area (Å²) in [5.41, 5.74) is 0.774. The van der Waals surface area contributed by atoms with E-state index < -0.39 is 10.0 Å². The highest BCUT2D eigenvalue weighted by atomic mass is 35.5. The molecular formula is C15H21ClN2O3S. The summed E-state index contributed by atoms with van der Waals surface area (Å²) in [6.45, 7) is 4.29. The number of piperidine rings is 1. The maximum Gasteiger partial charge on any atom is 0.244 e. The van der Waals surface area contributed by atoms with Gasteiger partial charge < -0.3 is 4.74 Å². The minimum atomic E-state index is -3.57. The Kier molecular flexibility index (Phi) is 4.49. The SMILES string of the molecule is Cc1cccc(S(=O)(=O)N2CCC3OCCN(C)C3C2)c1Cl. The van der Waals surface area contributed by atoms with Crippen LogP contribution in [0.4, 0.5) is 0 Å². The smallest absolute Gasteiger partial charge is 0.244 e. The zero-order chi connectivity index (χ0) is 15.9. The molecule has 2 aliphatic rings. The van der Waals surface area contributed by atoms with Crippen molar-refractivity contribution in [1.82, 2.24) is 9.21 Å². The molecule has 2 saturated heterocycles. The summed E-state index contributed by atoms with van der Waals surface area (Å²) in [7, 11) is -1.55. The first-order chi connectivity index (χ1) is 10.4. The fourth-order valence-corrected chi connectivity index (χ4v) is 5.22. The number of rotatable bonds is 2. The highest BCUT2D eigenvalue weighted by Crippen LogP contribution is 2.31. The first-order valence-corrected chi connectivity index (χ1v) is 9.30. The van der Waals surface area contributed by atoms with E-state index in [4.69, 9.17) is 16.3 Å². The first kappa shape index (κ1) is 16.2. The summed E-state index contributed by atoms with van der Waals surface area (Å²) < 4.78 is 33.2. The molecule has 2 heterocycles. The third-order valence-corrected chi connectivity index (χ3v) is 7.12. The molecule has 2 aliphatic heterocycles. The minimum Gasteiger partial charge on any atom is -0.375 e. The predicted molar refractivity (Wildman–Crippen MR) is 85.7 cm³/mol. The molecule has 22 heavy (non-hydrogen) atoms. The number of ether oxygens (including phenoxy) is 1. The van der Waals surface area contributed by atoms with Gasteiger partial charge >= 0.3 is 0 Å². The summed E-state index contributed by atoms with van der Waals surface area (Å²) >= 11 is 6.22. The first-order valence-electron chi connectivity index (χ1n) is 7.48. The second-order valence-electron chi connectivity index (χ2n) is 6.00. The molecule has 0 aromatic heterocycles. The lowest BCUT2D eigenvalue weighted by atomic mass is 10.0. The number of likely N-dealkylation sites (N-methyl/N-ethyl adjacent to an activating group) is 1. The quantitative estimate of drug-likeness (QED) is 0.820. The Balaban J connectivity index is 1.88. The average molecular weight is 345 g/mol. The van der Waals surface area contributed by atoms with Gasteiger partial charge in [-0.3, -0.25) is 4.90 Å². The molecular weight excluding hydrogens is 324 g/mol. The average Bonchev–Trinajstić information content (AvgIpc) is 2.50. The molecule has 0 aliphatic carbocycles. The standard InChI is InChI=1S/C15H21ClN2O3S/c1-11-4-3-5-14(15(11)16)22(19,20)18-7-6-13-12(10-18)17(2)8-9-21-13/h3-5,12-13H,6-10H2,1-2H3. The van der Waals surface area contributed by atoms with Gasteiger partial charge in [0.15, 0.2) is 0 Å². The number of hydrogen-bond acceptors (Lipinski definition) is 4. The molecule has 122 valence electrons. The molecule has 5 nitrogen and oxygen atoms in total. The molecule has 1 aromatic rings. The van der Waals surface area contributed by atoms with Crippen molar-refractivity contribution in [2.45, 2.75) is 30.4 Å². The molecule has 0 saturated carbocycles. The van der Waals surface area contributed by atoms with Gasteiger partial charge in [-0.2, -0.15) is 4.31 Å². The number of halogens is 1. The summed E-state index contributed by atoms with van der Waals surface area (Å²) in [5.74, 6) is 0. The topological polar surface area (TPSA) is 49.9 Å². The van der Waals surface area contributed by atoms with Gasteiger partial charge in [0.1, 0.15) is 4.90 Å². The van der Waals surface area contributed by atoms with Gasteiger partial charge in [0.05, 0.1) is 17.7 Å². The number of fused-ring (bicyclic) bond motifs is 1. The van der Waals surface area contributed by atoms with Crippen LogP contribution in [-0.4, -0.2) is 63.1 Å². The largest absolute Gasteiger partial charge is 0.375 e. The fourth-order valence-electron chi connectivity index (χ4n) is 3.19. The van der Waals surface area contributed by atoms with E-state index in [-0.39, 0.29) is 17.0 Å². The van der Waals surface area contributed by atoms with Crippen molar-refractivity contribution in [3.05, 3.63) is 28.8 Å². The monoisotopic (exact) mass is 344 g/mol. The van der Waals surface area contributed by atoms with E-state index in [1.54, 1.807) is 16.4 Å². The van der Waals surface area contributed by atoms with Gasteiger partial charge in [-0.05, 0) is 32.0 Å². The number of benzene rings is 1. The van der Waals surface area contributed by atoms with Crippen LogP contribution in [0.25, 0.3) is 0 Å². The third-order valence-electron chi connectivity index (χ3n) is 4.60. The van der Waals surface area contributed by atoms with Crippen molar-refractivity contribution in [1.29, 1.82) is 0 Å². The van der Waals surface area contributed by atoms with Crippen molar-refractivity contribution < 1.29 is 13.2 Å². The van der Waals surface area contributed by atoms with Crippen molar-refractivity contribution in [3.8, 4) is 0 Å². The number of sulfonamides is 1. The van der Waals surface area contributed by atoms with E-state index in [0.29, 0.717) is 24.7 Å². The van der Waals surface area contributed by atoms with Crippen LogP contribution in [-0.2, 0) is 14.8 Å². The Morgan fingerprint density at radius 3 is 2.86 bits per heavy atom. The third kappa shape index (κ3) is 2.78. The van der Waals surface area contributed by atoms with Gasteiger partial charge in [0, 0.05) is 25.7 Å². The highest BCUT2D eigenvalue weighted by Gasteiger charge is 2.40. The summed E-state index contributed by atoms with van der Waals surface area (Å²) in [5, 5.41) is 0.317. The maximum atomic E-state index is 12.9. The van der Waals surface area contributed by atoms with E-state index in [1.165, 1.54) is 0 Å². The van der Waals surface area contributed by atoms with E-state index >= 15 is 0 Å². The molecule has 0 radical (unpaired) electrons. The molecule has 0 N–H and O–H groups in total. The van der Waals surface area contributed by atoms with Crippen LogP contribution in [0.3, 0.4) is 0 Å². The second-order valence-corrected chi connectivity index (χ2v) is 8.28. The summed E-state index contributed by atoms with van der Waals surface area (Å²) in [4.78, 5) is 2.39. The van der Waals surface area contributed by atoms with Gasteiger partial charge in [-0.1, -0.05) is 23.7 Å². The van der Waals surface area contributed by atoms with Gasteiger partial charge in [0.2, 0.25) is 10.0 Å². The van der Waals surface area contributed by atoms with Gasteiger partial charge in [0.25, 0.3) is 0 Å². The predicted octanol–water partition coefficient (Wildman–Crippen LogP) is 1.74. The molecule has 2 unspecified atom stereocenters. The number of aryl methyl sites for hydroxylation is 1. The Hall–Kier alpha value is -0.660. The van der Waals surface area contributed by atoms with E-state index in [0.717, 1.165) is 18.5 Å². The molecule has 2 fully saturated rings. The molecule has 0 amide bonds. The van der Waals surface area contributed by atoms with Crippen molar-refractivity contribution in [2.24, 2.45) is 0 Å². The summed E-state index contributed by atoms with van der Waals surface area (Å²) in [6, 6.07) is 5.24. The number of morpholine rings is 1. The Labute approximate surface area is 136 Å². The lowest BCUT2D eigenvalue weighted by molar-refractivity contribution is -0.0840. The fraction of sp³-hybridized carbons (Fsp3) is 0.600. The maximum absolute atomic E-state index is 12.9. The molecule has 1 aromatic carbocycles. The van der Waals surface area contributed by atoms with E-state index in [1.807, 2.05) is 20.0 Å². The molecule has 2 atom stereocenters. The van der Waals surface area contributed by atoms with Crippen molar-refractivity contribution in [3.63, 3.8) is 0 Å². The van der Waals surface area contributed by atoms with Crippen LogP contribution in [0.5, 0.6) is 0 Å². The van der Waals surface area contributed by atoms with Crippen LogP contribution < -0.4 is 0 Å². The highest BCUT2D eigenvalue weighted by molar-refractivity contribution is 7.89. The molecule has 3 rings (SSSR count). The van der Waals surface area contributed by atoms with Crippen LogP contribution in [0, 0.1) is 6.92 Å².